The van der Waals surface area contributed by atoms with Gasteiger partial charge < -0.3 is 9.80 Å². The number of hydrogen-bond donors (Lipinski definition) is 0. The van der Waals surface area contributed by atoms with E-state index in [1.807, 2.05) is 37.3 Å². The molecule has 25 heavy (non-hydrogen) atoms. The van der Waals surface area contributed by atoms with Gasteiger partial charge in [0.1, 0.15) is 6.54 Å². The molecule has 1 aliphatic heterocycles. The largest absolute Gasteiger partial charge is 0.330 e. The Morgan fingerprint density at radius 1 is 1.12 bits per heavy atom. The Morgan fingerprint density at radius 3 is 2.44 bits per heavy atom. The maximum absolute atomic E-state index is 12.9. The summed E-state index contributed by atoms with van der Waals surface area (Å²) in [5.74, 6) is 0.0763. The van der Waals surface area contributed by atoms with Crippen LogP contribution in [0.4, 0.5) is 5.69 Å². The molecule has 0 aromatic heterocycles. The van der Waals surface area contributed by atoms with E-state index in [1.165, 1.54) is 32.1 Å². The molecule has 1 unspecified atom stereocenters. The van der Waals surface area contributed by atoms with E-state index in [1.54, 1.807) is 9.80 Å². The maximum atomic E-state index is 12.9. The second-order valence-corrected chi connectivity index (χ2v) is 7.27. The molecule has 0 bridgehead atoms. The summed E-state index contributed by atoms with van der Waals surface area (Å²) in [5, 5.41) is 0. The first-order valence-corrected chi connectivity index (χ1v) is 9.44. The second kappa shape index (κ2) is 8.00. The first-order chi connectivity index (χ1) is 12.1. The Morgan fingerprint density at radius 2 is 1.80 bits per heavy atom. The molecule has 1 aliphatic carbocycles. The summed E-state index contributed by atoms with van der Waals surface area (Å²) in [6.45, 7) is 3.32. The summed E-state index contributed by atoms with van der Waals surface area (Å²) in [6, 6.07) is 10.0. The minimum absolute atomic E-state index is 0.00156. The Hall–Kier alpha value is -1.88. The van der Waals surface area contributed by atoms with Crippen LogP contribution in [0.1, 0.15) is 39.0 Å². The van der Waals surface area contributed by atoms with Crippen molar-refractivity contribution in [3.8, 4) is 0 Å². The molecular weight excluding hydrogens is 314 g/mol. The number of anilines is 1. The summed E-state index contributed by atoms with van der Waals surface area (Å²) in [5.41, 5.74) is 0.909. The minimum Gasteiger partial charge on any atom is -0.330 e. The van der Waals surface area contributed by atoms with E-state index in [0.29, 0.717) is 19.1 Å². The maximum Gasteiger partial charge on any atom is 0.246 e. The Labute approximate surface area is 150 Å². The number of piperazine rings is 1. The highest BCUT2D eigenvalue weighted by molar-refractivity contribution is 5.98. The van der Waals surface area contributed by atoms with Gasteiger partial charge in [0.05, 0.1) is 6.04 Å². The van der Waals surface area contributed by atoms with Gasteiger partial charge >= 0.3 is 0 Å². The van der Waals surface area contributed by atoms with Crippen LogP contribution < -0.4 is 4.90 Å². The van der Waals surface area contributed by atoms with Crippen LogP contribution >= 0.6 is 0 Å². The number of benzene rings is 1. The zero-order valence-corrected chi connectivity index (χ0v) is 15.4. The number of para-hydroxylation sites is 1. The summed E-state index contributed by atoms with van der Waals surface area (Å²) >= 11 is 0. The fraction of sp³-hybridized carbons (Fsp3) is 0.600. The summed E-state index contributed by atoms with van der Waals surface area (Å²) in [6.07, 6.45) is 6.17. The van der Waals surface area contributed by atoms with Gasteiger partial charge in [0.25, 0.3) is 0 Å². The highest BCUT2D eigenvalue weighted by Gasteiger charge is 2.33. The Bertz CT molecular complexity index is 598. The molecule has 1 aromatic rings. The third-order valence-corrected chi connectivity index (χ3v) is 5.72. The second-order valence-electron chi connectivity index (χ2n) is 7.27. The fourth-order valence-corrected chi connectivity index (χ4v) is 3.99. The molecular formula is C20H29N3O2. The Balaban J connectivity index is 1.59. The third kappa shape index (κ3) is 4.03. The average Bonchev–Trinajstić information content (AvgIpc) is 2.67. The van der Waals surface area contributed by atoms with Crippen LogP contribution in [0.2, 0.25) is 0 Å². The van der Waals surface area contributed by atoms with Gasteiger partial charge in [-0.25, -0.2) is 0 Å². The van der Waals surface area contributed by atoms with Crippen molar-refractivity contribution >= 4 is 17.5 Å². The van der Waals surface area contributed by atoms with Gasteiger partial charge in [-0.1, -0.05) is 37.5 Å². The van der Waals surface area contributed by atoms with E-state index in [4.69, 9.17) is 0 Å². The molecule has 1 atom stereocenters. The fourth-order valence-electron chi connectivity index (χ4n) is 3.99. The van der Waals surface area contributed by atoms with E-state index in [2.05, 4.69) is 11.9 Å². The van der Waals surface area contributed by atoms with Crippen molar-refractivity contribution < 1.29 is 9.59 Å². The molecule has 2 amide bonds. The van der Waals surface area contributed by atoms with Crippen molar-refractivity contribution in [2.45, 2.75) is 51.1 Å². The van der Waals surface area contributed by atoms with Gasteiger partial charge in [-0.2, -0.15) is 0 Å². The number of hydrogen-bond acceptors (Lipinski definition) is 3. The highest BCUT2D eigenvalue weighted by Crippen LogP contribution is 2.24. The number of carbonyl (C=O) groups is 2. The van der Waals surface area contributed by atoms with Crippen molar-refractivity contribution in [2.75, 3.05) is 31.6 Å². The molecule has 136 valence electrons. The van der Waals surface area contributed by atoms with E-state index < -0.39 is 0 Å². The van der Waals surface area contributed by atoms with Gasteiger partial charge in [0.2, 0.25) is 11.8 Å². The Kier molecular flexibility index (Phi) is 5.74. The number of carbonyl (C=O) groups excluding carboxylic acids is 2. The molecule has 5 nitrogen and oxygen atoms in total. The SMILES string of the molecule is CC(C(=O)N1CCN(c2ccccc2)C(=O)C1)N(C)C1CCCCC1. The molecule has 0 radical (unpaired) electrons. The van der Waals surface area contributed by atoms with Crippen molar-refractivity contribution in [2.24, 2.45) is 0 Å². The molecule has 1 aromatic carbocycles. The average molecular weight is 343 g/mol. The summed E-state index contributed by atoms with van der Waals surface area (Å²) < 4.78 is 0. The highest BCUT2D eigenvalue weighted by atomic mass is 16.2. The predicted molar refractivity (Wildman–Crippen MR) is 99.5 cm³/mol. The standard InChI is InChI=1S/C20H29N3O2/c1-16(21(2)17-9-5-3-6-10-17)20(25)22-13-14-23(19(24)15-22)18-11-7-4-8-12-18/h4,7-8,11-12,16-17H,3,5-6,9-10,13-15H2,1-2H3. The van der Waals surface area contributed by atoms with Crippen molar-refractivity contribution in [3.63, 3.8) is 0 Å². The zero-order valence-electron chi connectivity index (χ0n) is 15.4. The normalized spacial score (nSPS) is 20.8. The van der Waals surface area contributed by atoms with Crippen LogP contribution in [-0.2, 0) is 9.59 Å². The van der Waals surface area contributed by atoms with Gasteiger partial charge in [-0.3, -0.25) is 14.5 Å². The van der Waals surface area contributed by atoms with E-state index in [9.17, 15) is 9.59 Å². The molecule has 0 N–H and O–H groups in total. The molecule has 0 spiro atoms. The summed E-state index contributed by atoms with van der Waals surface area (Å²) in [7, 11) is 2.06. The monoisotopic (exact) mass is 343 g/mol. The quantitative estimate of drug-likeness (QED) is 0.844. The van der Waals surface area contributed by atoms with Gasteiger partial charge in [-0.15, -0.1) is 0 Å². The number of amides is 2. The van der Waals surface area contributed by atoms with E-state index >= 15 is 0 Å². The summed E-state index contributed by atoms with van der Waals surface area (Å²) in [4.78, 5) is 31.1. The van der Waals surface area contributed by atoms with Gasteiger partial charge in [0.15, 0.2) is 0 Å². The van der Waals surface area contributed by atoms with Crippen molar-refractivity contribution in [1.82, 2.24) is 9.80 Å². The van der Waals surface area contributed by atoms with Crippen LogP contribution in [0.3, 0.4) is 0 Å². The van der Waals surface area contributed by atoms with Gasteiger partial charge in [0, 0.05) is 24.8 Å². The van der Waals surface area contributed by atoms with Crippen LogP contribution in [0, 0.1) is 0 Å². The molecule has 1 saturated carbocycles. The first kappa shape index (κ1) is 17.9. The van der Waals surface area contributed by atoms with E-state index in [0.717, 1.165) is 5.69 Å². The topological polar surface area (TPSA) is 43.9 Å². The minimum atomic E-state index is -0.167. The number of nitrogens with zero attached hydrogens (tertiary/aromatic N) is 3. The molecule has 2 fully saturated rings. The first-order valence-electron chi connectivity index (χ1n) is 9.44. The van der Waals surface area contributed by atoms with Crippen LogP contribution in [-0.4, -0.2) is 60.4 Å². The molecule has 1 saturated heterocycles. The van der Waals surface area contributed by atoms with Crippen molar-refractivity contribution in [3.05, 3.63) is 30.3 Å². The molecule has 5 heteroatoms. The van der Waals surface area contributed by atoms with Crippen molar-refractivity contribution in [1.29, 1.82) is 0 Å². The number of rotatable bonds is 4. The smallest absolute Gasteiger partial charge is 0.246 e. The molecule has 3 rings (SSSR count). The van der Waals surface area contributed by atoms with Gasteiger partial charge in [-0.05, 0) is 38.9 Å². The van der Waals surface area contributed by atoms with Crippen LogP contribution in [0.25, 0.3) is 0 Å². The number of likely N-dealkylation sites (N-methyl/N-ethyl adjacent to an activating group) is 1. The van der Waals surface area contributed by atoms with Crippen LogP contribution in [0.5, 0.6) is 0 Å². The molecule has 1 heterocycles. The molecule has 2 aliphatic rings. The van der Waals surface area contributed by atoms with E-state index in [-0.39, 0.29) is 24.4 Å². The lowest BCUT2D eigenvalue weighted by atomic mass is 9.93. The van der Waals surface area contributed by atoms with Crippen LogP contribution in [0.15, 0.2) is 30.3 Å². The third-order valence-electron chi connectivity index (χ3n) is 5.72. The lowest BCUT2D eigenvalue weighted by Gasteiger charge is -2.39. The predicted octanol–water partition coefficient (Wildman–Crippen LogP) is 2.51. The lowest BCUT2D eigenvalue weighted by molar-refractivity contribution is -0.141. The lowest BCUT2D eigenvalue weighted by Crippen LogP contribution is -2.57. The zero-order chi connectivity index (χ0) is 17.8.